The van der Waals surface area contributed by atoms with E-state index in [0.29, 0.717) is 17.1 Å². The van der Waals surface area contributed by atoms with Gasteiger partial charge in [-0.3, -0.25) is 19.6 Å². The summed E-state index contributed by atoms with van der Waals surface area (Å²) in [5, 5.41) is 0. The molecule has 3 rings (SSSR count). The zero-order valence-corrected chi connectivity index (χ0v) is 7.91. The lowest BCUT2D eigenvalue weighted by molar-refractivity contribution is 1.19. The van der Waals surface area contributed by atoms with Gasteiger partial charge in [0.25, 0.3) is 5.43 Å². The Kier molecular flexibility index (Phi) is 1.64. The molecule has 0 unspecified atom stereocenters. The summed E-state index contributed by atoms with van der Waals surface area (Å²) in [5.74, 6) is 0. The molecule has 3 heterocycles. The van der Waals surface area contributed by atoms with Gasteiger partial charge in [-0.15, -0.1) is 0 Å². The van der Waals surface area contributed by atoms with Crippen LogP contribution in [0.15, 0.2) is 34.2 Å². The van der Waals surface area contributed by atoms with E-state index in [9.17, 15) is 9.59 Å². The van der Waals surface area contributed by atoms with E-state index in [2.05, 4.69) is 19.9 Å². The Labute approximate surface area is 88.7 Å². The van der Waals surface area contributed by atoms with Crippen LogP contribution in [0.2, 0.25) is 0 Å². The molecular weight excluding hydrogens is 208 g/mol. The largest absolute Gasteiger partial charge is 0.320 e. The second kappa shape index (κ2) is 2.99. The van der Waals surface area contributed by atoms with Crippen molar-refractivity contribution < 1.29 is 0 Å². The van der Waals surface area contributed by atoms with Crippen molar-refractivity contribution >= 4 is 0 Å². The highest BCUT2D eigenvalue weighted by Crippen LogP contribution is 2.21. The summed E-state index contributed by atoms with van der Waals surface area (Å²) in [7, 11) is 0. The molecule has 0 atom stereocenters. The third-order valence-corrected chi connectivity index (χ3v) is 2.21. The zero-order valence-electron chi connectivity index (χ0n) is 7.91. The lowest BCUT2D eigenvalue weighted by atomic mass is 10.3. The van der Waals surface area contributed by atoms with Crippen molar-refractivity contribution in [3.05, 3.63) is 45.2 Å². The van der Waals surface area contributed by atoms with Gasteiger partial charge in [0.05, 0.1) is 17.6 Å². The molecule has 0 radical (unpaired) electrons. The average Bonchev–Trinajstić information content (AvgIpc) is 2.82. The average molecular weight is 212 g/mol. The number of aromatic nitrogens is 4. The number of rotatable bonds is 1. The maximum absolute atomic E-state index is 11.3. The molecule has 0 bridgehead atoms. The molecule has 0 aromatic carbocycles. The van der Waals surface area contributed by atoms with Crippen LogP contribution in [0.3, 0.4) is 0 Å². The maximum Gasteiger partial charge on any atom is 0.320 e. The van der Waals surface area contributed by atoms with Crippen LogP contribution in [0.25, 0.3) is 22.8 Å². The normalized spacial score (nSPS) is 11.0. The smallest absolute Gasteiger partial charge is 0.281 e. The van der Waals surface area contributed by atoms with Gasteiger partial charge in [-0.25, -0.2) is 9.97 Å². The molecule has 0 fully saturated rings. The summed E-state index contributed by atoms with van der Waals surface area (Å²) in [6, 6.07) is 1.56. The third-order valence-electron chi connectivity index (χ3n) is 2.21. The van der Waals surface area contributed by atoms with Crippen LogP contribution >= 0.6 is 0 Å². The van der Waals surface area contributed by atoms with Crippen LogP contribution < -0.4 is 11.0 Å². The van der Waals surface area contributed by atoms with Crippen molar-refractivity contribution in [2.45, 2.75) is 0 Å². The second-order valence-corrected chi connectivity index (χ2v) is 3.21. The Bertz CT molecular complexity index is 700. The SMILES string of the molecule is O=c1nc2cc(-c3cnccn3)nc-2c1=O. The van der Waals surface area contributed by atoms with Crippen molar-refractivity contribution in [2.24, 2.45) is 0 Å². The molecule has 0 aliphatic carbocycles. The molecule has 0 saturated heterocycles. The van der Waals surface area contributed by atoms with Crippen LogP contribution in [0, 0.1) is 0 Å². The van der Waals surface area contributed by atoms with Gasteiger partial charge in [0.1, 0.15) is 11.4 Å². The van der Waals surface area contributed by atoms with Gasteiger partial charge in [0, 0.05) is 12.4 Å². The quantitative estimate of drug-likeness (QED) is 0.512. The van der Waals surface area contributed by atoms with Crippen LogP contribution in [0.4, 0.5) is 0 Å². The fraction of sp³-hybridized carbons (Fsp3) is 0. The summed E-state index contributed by atoms with van der Waals surface area (Å²) in [5.41, 5.74) is 0.0460. The first-order valence-electron chi connectivity index (χ1n) is 4.50. The number of fused-ring (bicyclic) bond motifs is 1. The zero-order chi connectivity index (χ0) is 11.1. The highest BCUT2D eigenvalue weighted by molar-refractivity contribution is 5.68. The van der Waals surface area contributed by atoms with Crippen molar-refractivity contribution in [1.29, 1.82) is 0 Å². The van der Waals surface area contributed by atoms with E-state index in [0.717, 1.165) is 0 Å². The predicted octanol–water partition coefficient (Wildman–Crippen LogP) is -0.366. The first-order chi connectivity index (χ1) is 7.75. The molecule has 6 nitrogen and oxygen atoms in total. The molecule has 2 aliphatic heterocycles. The second-order valence-electron chi connectivity index (χ2n) is 3.21. The predicted molar refractivity (Wildman–Crippen MR) is 54.6 cm³/mol. The summed E-state index contributed by atoms with van der Waals surface area (Å²) >= 11 is 0. The topological polar surface area (TPSA) is 85.7 Å². The molecule has 1 aromatic rings. The van der Waals surface area contributed by atoms with Crippen LogP contribution in [0.1, 0.15) is 0 Å². The number of nitrogens with zero attached hydrogens (tertiary/aromatic N) is 4. The van der Waals surface area contributed by atoms with Crippen LogP contribution in [0.5, 0.6) is 0 Å². The van der Waals surface area contributed by atoms with Gasteiger partial charge in [-0.1, -0.05) is 0 Å². The summed E-state index contributed by atoms with van der Waals surface area (Å²) < 4.78 is 0. The van der Waals surface area contributed by atoms with Gasteiger partial charge < -0.3 is 0 Å². The molecule has 0 spiro atoms. The van der Waals surface area contributed by atoms with Gasteiger partial charge in [0.2, 0.25) is 0 Å². The van der Waals surface area contributed by atoms with Gasteiger partial charge in [-0.2, -0.15) is 0 Å². The van der Waals surface area contributed by atoms with Gasteiger partial charge in [-0.05, 0) is 6.07 Å². The van der Waals surface area contributed by atoms with Crippen LogP contribution in [-0.4, -0.2) is 19.9 Å². The fourth-order valence-electron chi connectivity index (χ4n) is 1.48. The first-order valence-corrected chi connectivity index (χ1v) is 4.50. The first kappa shape index (κ1) is 8.78. The lowest BCUT2D eigenvalue weighted by Gasteiger charge is -1.91. The van der Waals surface area contributed by atoms with Gasteiger partial charge >= 0.3 is 5.56 Å². The van der Waals surface area contributed by atoms with Crippen molar-refractivity contribution in [2.75, 3.05) is 0 Å². The van der Waals surface area contributed by atoms with E-state index < -0.39 is 11.0 Å². The molecular formula is C10H4N4O2. The molecule has 6 heteroatoms. The Hall–Kier alpha value is -2.50. The van der Waals surface area contributed by atoms with Crippen molar-refractivity contribution in [3.63, 3.8) is 0 Å². The third kappa shape index (κ3) is 1.13. The molecule has 0 saturated carbocycles. The van der Waals surface area contributed by atoms with E-state index in [4.69, 9.17) is 0 Å². The molecule has 0 amide bonds. The van der Waals surface area contributed by atoms with E-state index in [-0.39, 0.29) is 5.69 Å². The number of hydrogen-bond donors (Lipinski definition) is 0. The van der Waals surface area contributed by atoms with E-state index in [1.54, 1.807) is 12.3 Å². The molecule has 2 aliphatic rings. The van der Waals surface area contributed by atoms with E-state index >= 15 is 0 Å². The maximum atomic E-state index is 11.3. The molecule has 0 N–H and O–H groups in total. The minimum atomic E-state index is -0.761. The Morgan fingerprint density at radius 3 is 2.50 bits per heavy atom. The van der Waals surface area contributed by atoms with Crippen LogP contribution in [-0.2, 0) is 0 Å². The van der Waals surface area contributed by atoms with E-state index in [1.807, 2.05) is 0 Å². The minimum absolute atomic E-state index is 0.102. The Balaban J connectivity index is 2.25. The lowest BCUT2D eigenvalue weighted by Crippen LogP contribution is -2.19. The minimum Gasteiger partial charge on any atom is -0.281 e. The molecule has 16 heavy (non-hydrogen) atoms. The highest BCUT2D eigenvalue weighted by atomic mass is 16.2. The highest BCUT2D eigenvalue weighted by Gasteiger charge is 2.19. The summed E-state index contributed by atoms with van der Waals surface area (Å²) in [6.45, 7) is 0. The summed E-state index contributed by atoms with van der Waals surface area (Å²) in [6.07, 6.45) is 4.60. The molecule has 1 aromatic heterocycles. The van der Waals surface area contributed by atoms with Crippen molar-refractivity contribution in [1.82, 2.24) is 19.9 Å². The Morgan fingerprint density at radius 2 is 1.81 bits per heavy atom. The molecule has 76 valence electrons. The van der Waals surface area contributed by atoms with Crippen molar-refractivity contribution in [3.8, 4) is 22.8 Å². The standard InChI is InChI=1S/C10H4N4O2/c15-9-8-6(14-10(9)16)3-5(13-8)7-4-11-1-2-12-7/h1-4H. The fourth-order valence-corrected chi connectivity index (χ4v) is 1.48. The summed E-state index contributed by atoms with van der Waals surface area (Å²) in [4.78, 5) is 37.8. The monoisotopic (exact) mass is 212 g/mol. The van der Waals surface area contributed by atoms with Gasteiger partial charge in [0.15, 0.2) is 0 Å². The van der Waals surface area contributed by atoms with E-state index in [1.165, 1.54) is 12.4 Å². The Morgan fingerprint density at radius 1 is 0.938 bits per heavy atom. The number of hydrogen-bond acceptors (Lipinski definition) is 6.